The minimum atomic E-state index is -0.408. The molecule has 1 N–H and O–H groups in total. The Morgan fingerprint density at radius 2 is 2.04 bits per heavy atom. The molecule has 0 aliphatic carbocycles. The van der Waals surface area contributed by atoms with Crippen molar-refractivity contribution in [1.82, 2.24) is 14.9 Å². The Kier molecular flexibility index (Phi) is 4.74. The normalized spacial score (nSPS) is 15.4. The number of rotatable bonds is 2. The summed E-state index contributed by atoms with van der Waals surface area (Å²) in [5.74, 6) is -0.0667. The van der Waals surface area contributed by atoms with Crippen LogP contribution < -0.4 is 5.32 Å². The van der Waals surface area contributed by atoms with Crippen LogP contribution >= 0.6 is 0 Å². The smallest absolute Gasteiger partial charge is 0.321 e. The molecule has 126 valence electrons. The Morgan fingerprint density at radius 3 is 2.71 bits per heavy atom. The van der Waals surface area contributed by atoms with Gasteiger partial charge in [-0.3, -0.25) is 0 Å². The van der Waals surface area contributed by atoms with E-state index in [1.54, 1.807) is 23.4 Å². The Morgan fingerprint density at radius 1 is 1.29 bits per heavy atom. The van der Waals surface area contributed by atoms with E-state index in [-0.39, 0.29) is 11.7 Å². The number of halogens is 1. The number of amides is 2. The number of piperidine rings is 1. The molecule has 0 bridgehead atoms. The van der Waals surface area contributed by atoms with Crippen LogP contribution in [-0.2, 0) is 0 Å². The monoisotopic (exact) mass is 328 g/mol. The van der Waals surface area contributed by atoms with Gasteiger partial charge in [-0.05, 0) is 49.9 Å². The third kappa shape index (κ3) is 3.53. The summed E-state index contributed by atoms with van der Waals surface area (Å²) in [5, 5.41) is 2.66. The maximum atomic E-state index is 13.9. The van der Waals surface area contributed by atoms with Gasteiger partial charge in [0, 0.05) is 30.9 Å². The van der Waals surface area contributed by atoms with Gasteiger partial charge < -0.3 is 10.2 Å². The number of likely N-dealkylation sites (tertiary alicyclic amines) is 1. The lowest BCUT2D eigenvalue weighted by atomic mass is 9.91. The number of urea groups is 1. The fourth-order valence-corrected chi connectivity index (χ4v) is 3.11. The number of aromatic nitrogens is 2. The van der Waals surface area contributed by atoms with E-state index in [0.717, 1.165) is 29.7 Å². The molecule has 2 aromatic rings. The zero-order valence-electron chi connectivity index (χ0n) is 13.9. The molecule has 1 aromatic carbocycles. The Bertz CT molecular complexity index is 742. The molecule has 0 spiro atoms. The minimum Gasteiger partial charge on any atom is -0.324 e. The van der Waals surface area contributed by atoms with Crippen molar-refractivity contribution >= 4 is 11.7 Å². The number of carbonyl (C=O) groups excluding carboxylic acids is 1. The quantitative estimate of drug-likeness (QED) is 0.915. The standard InChI is InChI=1S/C18H21FN4O/c1-12-3-4-16(15(19)9-12)22-18(24)23-7-5-14(6-8-23)17-13(2)10-20-11-21-17/h3-4,9-11,14H,5-8H2,1-2H3,(H,22,24). The van der Waals surface area contributed by atoms with Crippen molar-refractivity contribution in [3.63, 3.8) is 0 Å². The highest BCUT2D eigenvalue weighted by molar-refractivity contribution is 5.89. The first kappa shape index (κ1) is 16.4. The summed E-state index contributed by atoms with van der Waals surface area (Å²) in [6.45, 7) is 5.09. The fraction of sp³-hybridized carbons (Fsp3) is 0.389. The molecule has 5 nitrogen and oxygen atoms in total. The van der Waals surface area contributed by atoms with Crippen LogP contribution in [0.15, 0.2) is 30.7 Å². The van der Waals surface area contributed by atoms with E-state index in [1.807, 2.05) is 20.0 Å². The first-order chi connectivity index (χ1) is 11.5. The summed E-state index contributed by atoms with van der Waals surface area (Å²) in [5.41, 5.74) is 3.20. The maximum Gasteiger partial charge on any atom is 0.321 e. The van der Waals surface area contributed by atoms with Crippen LogP contribution in [0.25, 0.3) is 0 Å². The minimum absolute atomic E-state index is 0.222. The zero-order valence-corrected chi connectivity index (χ0v) is 13.9. The average molecular weight is 328 g/mol. The molecule has 2 amide bonds. The second-order valence-corrected chi connectivity index (χ2v) is 6.27. The average Bonchev–Trinajstić information content (AvgIpc) is 2.58. The van der Waals surface area contributed by atoms with Crippen molar-refractivity contribution < 1.29 is 9.18 Å². The molecule has 1 saturated heterocycles. The Balaban J connectivity index is 1.60. The number of hydrogen-bond donors (Lipinski definition) is 1. The van der Waals surface area contributed by atoms with Gasteiger partial charge in [0.15, 0.2) is 0 Å². The largest absolute Gasteiger partial charge is 0.324 e. The Hall–Kier alpha value is -2.50. The van der Waals surface area contributed by atoms with Crippen LogP contribution in [0.2, 0.25) is 0 Å². The predicted octanol–water partition coefficient (Wildman–Crippen LogP) is 3.64. The molecule has 2 heterocycles. The van der Waals surface area contributed by atoms with Crippen molar-refractivity contribution in [1.29, 1.82) is 0 Å². The summed E-state index contributed by atoms with van der Waals surface area (Å²) in [4.78, 5) is 22.5. The molecule has 3 rings (SSSR count). The van der Waals surface area contributed by atoms with E-state index in [0.29, 0.717) is 19.0 Å². The van der Waals surface area contributed by atoms with E-state index in [1.165, 1.54) is 6.07 Å². The highest BCUT2D eigenvalue weighted by Crippen LogP contribution is 2.28. The summed E-state index contributed by atoms with van der Waals surface area (Å²) in [6, 6.07) is 4.54. The van der Waals surface area contributed by atoms with Gasteiger partial charge >= 0.3 is 6.03 Å². The van der Waals surface area contributed by atoms with E-state index in [2.05, 4.69) is 15.3 Å². The summed E-state index contributed by atoms with van der Waals surface area (Å²) < 4.78 is 13.9. The molecule has 1 fully saturated rings. The molecule has 6 heteroatoms. The molecular formula is C18H21FN4O. The molecule has 0 radical (unpaired) electrons. The second kappa shape index (κ2) is 6.95. The molecule has 0 saturated carbocycles. The molecule has 24 heavy (non-hydrogen) atoms. The van der Waals surface area contributed by atoms with Crippen LogP contribution in [0.3, 0.4) is 0 Å². The topological polar surface area (TPSA) is 58.1 Å². The molecular weight excluding hydrogens is 307 g/mol. The van der Waals surface area contributed by atoms with E-state index < -0.39 is 5.82 Å². The lowest BCUT2D eigenvalue weighted by Gasteiger charge is -2.32. The highest BCUT2D eigenvalue weighted by Gasteiger charge is 2.25. The lowest BCUT2D eigenvalue weighted by Crippen LogP contribution is -2.40. The van der Waals surface area contributed by atoms with Gasteiger partial charge in [-0.1, -0.05) is 6.07 Å². The molecule has 1 aromatic heterocycles. The number of aryl methyl sites for hydroxylation is 2. The van der Waals surface area contributed by atoms with Gasteiger partial charge in [-0.15, -0.1) is 0 Å². The van der Waals surface area contributed by atoms with Crippen LogP contribution in [-0.4, -0.2) is 34.0 Å². The number of benzene rings is 1. The SMILES string of the molecule is Cc1ccc(NC(=O)N2CCC(c3ncncc3C)CC2)c(F)c1. The third-order valence-corrected chi connectivity index (χ3v) is 4.47. The van der Waals surface area contributed by atoms with Gasteiger partial charge in [-0.2, -0.15) is 0 Å². The van der Waals surface area contributed by atoms with Crippen molar-refractivity contribution in [2.24, 2.45) is 0 Å². The number of carbonyl (C=O) groups is 1. The number of hydrogen-bond acceptors (Lipinski definition) is 3. The van der Waals surface area contributed by atoms with Crippen molar-refractivity contribution in [2.45, 2.75) is 32.6 Å². The number of anilines is 1. The van der Waals surface area contributed by atoms with Crippen LogP contribution in [0, 0.1) is 19.7 Å². The number of nitrogens with zero attached hydrogens (tertiary/aromatic N) is 3. The zero-order chi connectivity index (χ0) is 17.1. The van der Waals surface area contributed by atoms with Gasteiger partial charge in [0.1, 0.15) is 12.1 Å². The molecule has 1 aliphatic rings. The van der Waals surface area contributed by atoms with Crippen LogP contribution in [0.4, 0.5) is 14.9 Å². The van der Waals surface area contributed by atoms with Crippen molar-refractivity contribution in [2.75, 3.05) is 18.4 Å². The predicted molar refractivity (Wildman–Crippen MR) is 90.5 cm³/mol. The second-order valence-electron chi connectivity index (χ2n) is 6.27. The van der Waals surface area contributed by atoms with Crippen LogP contribution in [0.5, 0.6) is 0 Å². The first-order valence-corrected chi connectivity index (χ1v) is 8.13. The summed E-state index contributed by atoms with van der Waals surface area (Å²) in [6.07, 6.45) is 5.09. The summed E-state index contributed by atoms with van der Waals surface area (Å²) >= 11 is 0. The van der Waals surface area contributed by atoms with Gasteiger partial charge in [0.2, 0.25) is 0 Å². The van der Waals surface area contributed by atoms with E-state index in [4.69, 9.17) is 0 Å². The van der Waals surface area contributed by atoms with Crippen LogP contribution in [0.1, 0.15) is 35.6 Å². The van der Waals surface area contributed by atoms with Crippen molar-refractivity contribution in [3.05, 3.63) is 53.4 Å². The van der Waals surface area contributed by atoms with Gasteiger partial charge in [0.25, 0.3) is 0 Å². The Labute approximate surface area is 140 Å². The van der Waals surface area contributed by atoms with Gasteiger partial charge in [-0.25, -0.2) is 19.2 Å². The number of nitrogens with one attached hydrogen (secondary N) is 1. The van der Waals surface area contributed by atoms with E-state index >= 15 is 0 Å². The summed E-state index contributed by atoms with van der Waals surface area (Å²) in [7, 11) is 0. The fourth-order valence-electron chi connectivity index (χ4n) is 3.11. The lowest BCUT2D eigenvalue weighted by molar-refractivity contribution is 0.194. The maximum absolute atomic E-state index is 13.9. The van der Waals surface area contributed by atoms with Crippen molar-refractivity contribution in [3.8, 4) is 0 Å². The molecule has 1 aliphatic heterocycles. The molecule has 0 atom stereocenters. The highest BCUT2D eigenvalue weighted by atomic mass is 19.1. The van der Waals surface area contributed by atoms with Gasteiger partial charge in [0.05, 0.1) is 5.69 Å². The third-order valence-electron chi connectivity index (χ3n) is 4.47. The molecule has 0 unspecified atom stereocenters. The van der Waals surface area contributed by atoms with E-state index in [9.17, 15) is 9.18 Å². The first-order valence-electron chi connectivity index (χ1n) is 8.13.